The Labute approximate surface area is 197 Å². The van der Waals surface area contributed by atoms with E-state index in [4.69, 9.17) is 56.2 Å². The lowest BCUT2D eigenvalue weighted by atomic mass is 10.2. The molecule has 0 aliphatic heterocycles. The lowest BCUT2D eigenvalue weighted by molar-refractivity contribution is -0.147. The molecule has 6 nitrogen and oxygen atoms in total. The van der Waals surface area contributed by atoms with Gasteiger partial charge in [0.25, 0.3) is 0 Å². The number of carboxylic acid groups (broad SMARTS) is 1. The summed E-state index contributed by atoms with van der Waals surface area (Å²) in [5.41, 5.74) is 1.87. The van der Waals surface area contributed by atoms with E-state index < -0.39 is 11.9 Å². The first-order valence-corrected chi connectivity index (χ1v) is 10.2. The number of carbonyl (C=O) groups excluding carboxylic acids is 1. The van der Waals surface area contributed by atoms with Crippen LogP contribution >= 0.6 is 46.4 Å². The van der Waals surface area contributed by atoms with Gasteiger partial charge in [0.2, 0.25) is 0 Å². The minimum absolute atomic E-state index is 0.0200. The summed E-state index contributed by atoms with van der Waals surface area (Å²) in [4.78, 5) is 22.0. The highest BCUT2D eigenvalue weighted by Gasteiger charge is 2.18. The first-order chi connectivity index (χ1) is 14.7. The molecule has 160 valence electrons. The quantitative estimate of drug-likeness (QED) is 0.327. The average molecular weight is 500 g/mol. The number of benzene rings is 3. The normalized spacial score (nSPS) is 10.5. The van der Waals surface area contributed by atoms with Gasteiger partial charge in [0.15, 0.2) is 11.5 Å². The van der Waals surface area contributed by atoms with Crippen molar-refractivity contribution >= 4 is 69.7 Å². The summed E-state index contributed by atoms with van der Waals surface area (Å²) < 4.78 is 5.74. The van der Waals surface area contributed by atoms with Crippen molar-refractivity contribution in [2.75, 3.05) is 10.6 Å². The largest absolute Gasteiger partial charge is 0.474 e. The van der Waals surface area contributed by atoms with E-state index in [0.717, 1.165) is 5.56 Å². The second kappa shape index (κ2) is 10.1. The second-order valence-electron chi connectivity index (χ2n) is 6.24. The van der Waals surface area contributed by atoms with E-state index in [0.29, 0.717) is 12.2 Å². The average Bonchev–Trinajstić information content (AvgIpc) is 2.71. The monoisotopic (exact) mass is 498 g/mol. The molecular weight excluding hydrogens is 486 g/mol. The number of carbonyl (C=O) groups is 2. The summed E-state index contributed by atoms with van der Waals surface area (Å²) in [5.74, 6) is -2.69. The molecule has 10 heteroatoms. The van der Waals surface area contributed by atoms with E-state index >= 15 is 0 Å². The molecule has 0 unspecified atom stereocenters. The predicted molar refractivity (Wildman–Crippen MR) is 123 cm³/mol. The van der Waals surface area contributed by atoms with Crippen LogP contribution < -0.4 is 15.4 Å². The molecule has 3 rings (SSSR count). The lowest BCUT2D eigenvalue weighted by Gasteiger charge is -2.15. The Morgan fingerprint density at radius 1 is 0.806 bits per heavy atom. The molecule has 0 aromatic heterocycles. The van der Waals surface area contributed by atoms with E-state index in [1.807, 2.05) is 30.3 Å². The number of hydrogen-bond donors (Lipinski definition) is 3. The fraction of sp³-hybridized carbons (Fsp3) is 0.0476. The van der Waals surface area contributed by atoms with Crippen molar-refractivity contribution in [3.63, 3.8) is 0 Å². The SMILES string of the molecule is O=C(O)C(=O)Nc1cc(Cl)c(Oc2c(Cl)cc(NCc3ccccc3)cc2Cl)c(Cl)c1. The van der Waals surface area contributed by atoms with Gasteiger partial charge in [0.1, 0.15) is 0 Å². The minimum Gasteiger partial charge on any atom is -0.474 e. The highest BCUT2D eigenvalue weighted by Crippen LogP contribution is 2.44. The number of amides is 1. The zero-order chi connectivity index (χ0) is 22.5. The molecule has 0 aliphatic rings. The molecular formula is C21H14Cl4N2O4. The topological polar surface area (TPSA) is 87.7 Å². The van der Waals surface area contributed by atoms with Crippen molar-refractivity contribution in [1.29, 1.82) is 0 Å². The van der Waals surface area contributed by atoms with Crippen LogP contribution in [0.15, 0.2) is 54.6 Å². The molecule has 0 atom stereocenters. The molecule has 31 heavy (non-hydrogen) atoms. The Morgan fingerprint density at radius 2 is 1.29 bits per heavy atom. The molecule has 0 fully saturated rings. The predicted octanol–water partition coefficient (Wildman–Crippen LogP) is 6.73. The van der Waals surface area contributed by atoms with Crippen molar-refractivity contribution < 1.29 is 19.4 Å². The van der Waals surface area contributed by atoms with Crippen LogP contribution in [-0.4, -0.2) is 17.0 Å². The number of carboxylic acids is 1. The van der Waals surface area contributed by atoms with Crippen LogP contribution in [0.3, 0.4) is 0 Å². The van der Waals surface area contributed by atoms with Crippen LogP contribution in [0.5, 0.6) is 11.5 Å². The standard InChI is InChI=1S/C21H14Cl4N2O4/c22-14-6-12(26-10-11-4-2-1-3-5-11)7-15(23)18(14)31-19-16(24)8-13(9-17(19)25)27-20(28)21(29)30/h1-9,26H,10H2,(H,27,28)(H,29,30). The Bertz CT molecular complexity index is 1090. The molecule has 0 radical (unpaired) electrons. The van der Waals surface area contributed by atoms with Gasteiger partial charge in [-0.2, -0.15) is 0 Å². The number of halogens is 4. The summed E-state index contributed by atoms with van der Waals surface area (Å²) in [5, 5.41) is 14.5. The zero-order valence-electron chi connectivity index (χ0n) is 15.6. The number of nitrogens with one attached hydrogen (secondary N) is 2. The number of rotatable bonds is 6. The van der Waals surface area contributed by atoms with Gasteiger partial charge in [-0.1, -0.05) is 76.7 Å². The Morgan fingerprint density at radius 3 is 1.77 bits per heavy atom. The fourth-order valence-electron chi connectivity index (χ4n) is 2.58. The molecule has 0 heterocycles. The Kier molecular flexibility index (Phi) is 7.51. The van der Waals surface area contributed by atoms with Gasteiger partial charge in [-0.25, -0.2) is 4.79 Å². The zero-order valence-corrected chi connectivity index (χ0v) is 18.6. The fourth-order valence-corrected chi connectivity index (χ4v) is 3.70. The van der Waals surface area contributed by atoms with Crippen molar-refractivity contribution in [2.45, 2.75) is 6.54 Å². The van der Waals surface area contributed by atoms with Gasteiger partial charge >= 0.3 is 11.9 Å². The molecule has 0 saturated carbocycles. The third-order valence-corrected chi connectivity index (χ3v) is 5.12. The highest BCUT2D eigenvalue weighted by atomic mass is 35.5. The molecule has 3 aromatic rings. The lowest BCUT2D eigenvalue weighted by Crippen LogP contribution is -2.21. The van der Waals surface area contributed by atoms with Gasteiger partial charge in [-0.15, -0.1) is 0 Å². The summed E-state index contributed by atoms with van der Waals surface area (Å²) in [7, 11) is 0. The van der Waals surface area contributed by atoms with Crippen LogP contribution in [0, 0.1) is 0 Å². The van der Waals surface area contributed by atoms with E-state index in [1.165, 1.54) is 12.1 Å². The van der Waals surface area contributed by atoms with Gasteiger partial charge in [0, 0.05) is 17.9 Å². The maximum Gasteiger partial charge on any atom is 0.394 e. The molecule has 0 spiro atoms. The molecule has 3 aromatic carbocycles. The smallest absolute Gasteiger partial charge is 0.394 e. The number of anilines is 2. The Hall–Kier alpha value is -2.64. The molecule has 0 saturated heterocycles. The first-order valence-electron chi connectivity index (χ1n) is 8.72. The van der Waals surface area contributed by atoms with E-state index in [9.17, 15) is 9.59 Å². The van der Waals surface area contributed by atoms with Gasteiger partial charge in [0.05, 0.1) is 20.1 Å². The second-order valence-corrected chi connectivity index (χ2v) is 7.87. The maximum absolute atomic E-state index is 11.3. The van der Waals surface area contributed by atoms with Gasteiger partial charge < -0.3 is 20.5 Å². The molecule has 0 bridgehead atoms. The van der Waals surface area contributed by atoms with Gasteiger partial charge in [-0.05, 0) is 29.8 Å². The number of aliphatic carboxylic acids is 1. The van der Waals surface area contributed by atoms with Crippen LogP contribution in [0.4, 0.5) is 11.4 Å². The third kappa shape index (κ3) is 5.95. The molecule has 1 amide bonds. The van der Waals surface area contributed by atoms with Gasteiger partial charge in [-0.3, -0.25) is 4.79 Å². The number of hydrogen-bond acceptors (Lipinski definition) is 4. The van der Waals surface area contributed by atoms with Crippen LogP contribution in [0.2, 0.25) is 20.1 Å². The van der Waals surface area contributed by atoms with Crippen molar-refractivity contribution in [1.82, 2.24) is 0 Å². The first kappa shape index (κ1) is 23.0. The molecule has 0 aliphatic carbocycles. The minimum atomic E-state index is -1.65. The van der Waals surface area contributed by atoms with Crippen molar-refractivity contribution in [2.24, 2.45) is 0 Å². The summed E-state index contributed by atoms with van der Waals surface area (Å²) in [6, 6.07) is 15.7. The summed E-state index contributed by atoms with van der Waals surface area (Å²) in [6.45, 7) is 0.578. The van der Waals surface area contributed by atoms with Crippen LogP contribution in [0.1, 0.15) is 5.56 Å². The van der Waals surface area contributed by atoms with Crippen molar-refractivity contribution in [3.8, 4) is 11.5 Å². The van der Waals surface area contributed by atoms with Crippen LogP contribution in [-0.2, 0) is 16.1 Å². The summed E-state index contributed by atoms with van der Waals surface area (Å²) >= 11 is 25.1. The van der Waals surface area contributed by atoms with E-state index in [2.05, 4.69) is 10.6 Å². The van der Waals surface area contributed by atoms with Crippen LogP contribution in [0.25, 0.3) is 0 Å². The third-order valence-electron chi connectivity index (χ3n) is 3.99. The molecule has 3 N–H and O–H groups in total. The Balaban J connectivity index is 1.79. The maximum atomic E-state index is 11.3. The van der Waals surface area contributed by atoms with E-state index in [-0.39, 0.29) is 37.3 Å². The highest BCUT2D eigenvalue weighted by molar-refractivity contribution is 6.40. The summed E-state index contributed by atoms with van der Waals surface area (Å²) in [6.07, 6.45) is 0. The van der Waals surface area contributed by atoms with E-state index in [1.54, 1.807) is 12.1 Å². The van der Waals surface area contributed by atoms with Crippen molar-refractivity contribution in [3.05, 3.63) is 80.3 Å². The number of ether oxygens (including phenoxy) is 1.